The molecule has 0 amide bonds. The van der Waals surface area contributed by atoms with Gasteiger partial charge in [0.05, 0.1) is 13.2 Å². The third-order valence-corrected chi connectivity index (χ3v) is 4.71. The Morgan fingerprint density at radius 2 is 1.38 bits per heavy atom. The van der Waals surface area contributed by atoms with Gasteiger partial charge >= 0.3 is 0 Å². The fourth-order valence-electron chi connectivity index (χ4n) is 3.66. The molecule has 0 radical (unpaired) electrons. The largest absolute Gasteiger partial charge is 0.396 e. The van der Waals surface area contributed by atoms with Crippen LogP contribution in [0.3, 0.4) is 0 Å². The van der Waals surface area contributed by atoms with Crippen LogP contribution in [0.5, 0.6) is 0 Å². The summed E-state index contributed by atoms with van der Waals surface area (Å²) in [6.45, 7) is 0.410. The molecule has 0 aromatic heterocycles. The molecule has 3 rings (SSSR count). The highest BCUT2D eigenvalue weighted by Crippen LogP contribution is 2.80. The Kier molecular flexibility index (Phi) is 1.45. The maximum Gasteiger partial charge on any atom is 0.0515 e. The smallest absolute Gasteiger partial charge is 0.0515 e. The lowest BCUT2D eigenvalue weighted by atomic mass is 9.84. The number of aliphatic hydroxyl groups is 2. The van der Waals surface area contributed by atoms with Gasteiger partial charge in [0.25, 0.3) is 0 Å². The summed E-state index contributed by atoms with van der Waals surface area (Å²) in [4.78, 5) is 0. The van der Waals surface area contributed by atoms with Crippen LogP contribution in [0, 0.1) is 22.7 Å². The minimum atomic E-state index is -0.0741. The van der Waals surface area contributed by atoms with E-state index in [4.69, 9.17) is 0 Å². The third kappa shape index (κ3) is 0.861. The van der Waals surface area contributed by atoms with Gasteiger partial charge in [0.15, 0.2) is 0 Å². The standard InChI is InChI=1S/C11H18O2/c12-6-10(7-13)5-11(10,8-1-2-8)9-3-4-9/h8-9,12-13H,1-7H2. The zero-order chi connectivity index (χ0) is 9.10. The van der Waals surface area contributed by atoms with Gasteiger partial charge in [-0.3, -0.25) is 0 Å². The van der Waals surface area contributed by atoms with Crippen LogP contribution in [0.2, 0.25) is 0 Å². The van der Waals surface area contributed by atoms with Gasteiger partial charge in [-0.25, -0.2) is 0 Å². The van der Waals surface area contributed by atoms with Crippen LogP contribution in [0.15, 0.2) is 0 Å². The van der Waals surface area contributed by atoms with E-state index in [9.17, 15) is 10.2 Å². The summed E-state index contributed by atoms with van der Waals surface area (Å²) < 4.78 is 0. The summed E-state index contributed by atoms with van der Waals surface area (Å²) in [6.07, 6.45) is 6.48. The van der Waals surface area contributed by atoms with Crippen molar-refractivity contribution >= 4 is 0 Å². The predicted octanol–water partition coefficient (Wildman–Crippen LogP) is 1.17. The molecule has 0 aliphatic heterocycles. The Labute approximate surface area is 79.0 Å². The molecular formula is C11H18O2. The van der Waals surface area contributed by atoms with Crippen LogP contribution in [0.25, 0.3) is 0 Å². The molecule has 0 atom stereocenters. The van der Waals surface area contributed by atoms with Gasteiger partial charge in [-0.2, -0.15) is 0 Å². The van der Waals surface area contributed by atoms with Crippen LogP contribution < -0.4 is 0 Å². The Bertz CT molecular complexity index is 212. The SMILES string of the molecule is OCC1(CO)CC1(C1CC1)C1CC1. The summed E-state index contributed by atoms with van der Waals surface area (Å²) in [5, 5.41) is 18.8. The highest BCUT2D eigenvalue weighted by molar-refractivity contribution is 5.24. The first-order chi connectivity index (χ1) is 6.29. The van der Waals surface area contributed by atoms with Crippen molar-refractivity contribution in [3.05, 3.63) is 0 Å². The predicted molar refractivity (Wildman–Crippen MR) is 49.1 cm³/mol. The number of aliphatic hydroxyl groups excluding tert-OH is 2. The highest BCUT2D eigenvalue weighted by Gasteiger charge is 2.76. The van der Waals surface area contributed by atoms with Crippen LogP contribution in [0.1, 0.15) is 32.1 Å². The van der Waals surface area contributed by atoms with E-state index in [1.165, 1.54) is 25.7 Å². The van der Waals surface area contributed by atoms with E-state index in [1.807, 2.05) is 0 Å². The van der Waals surface area contributed by atoms with Gasteiger partial charge in [0, 0.05) is 5.41 Å². The van der Waals surface area contributed by atoms with Crippen LogP contribution in [0.4, 0.5) is 0 Å². The lowest BCUT2D eigenvalue weighted by molar-refractivity contribution is 0.0827. The molecule has 74 valence electrons. The lowest BCUT2D eigenvalue weighted by Gasteiger charge is -2.22. The van der Waals surface area contributed by atoms with Crippen molar-refractivity contribution < 1.29 is 10.2 Å². The molecule has 3 aliphatic rings. The first-order valence-corrected chi connectivity index (χ1v) is 5.51. The van der Waals surface area contributed by atoms with Crippen molar-refractivity contribution in [3.8, 4) is 0 Å². The normalized spacial score (nSPS) is 34.6. The molecule has 2 N–H and O–H groups in total. The summed E-state index contributed by atoms with van der Waals surface area (Å²) >= 11 is 0. The zero-order valence-corrected chi connectivity index (χ0v) is 8.00. The summed E-state index contributed by atoms with van der Waals surface area (Å²) in [5.41, 5.74) is 0.311. The maximum absolute atomic E-state index is 9.39. The van der Waals surface area contributed by atoms with Gasteiger partial charge in [-0.05, 0) is 49.4 Å². The van der Waals surface area contributed by atoms with Crippen LogP contribution >= 0.6 is 0 Å². The Balaban J connectivity index is 1.86. The van der Waals surface area contributed by atoms with Crippen molar-refractivity contribution in [3.63, 3.8) is 0 Å². The van der Waals surface area contributed by atoms with Crippen LogP contribution in [-0.4, -0.2) is 23.4 Å². The maximum atomic E-state index is 9.39. The van der Waals surface area contributed by atoms with Crippen molar-refractivity contribution in [1.82, 2.24) is 0 Å². The number of hydrogen-bond acceptors (Lipinski definition) is 2. The molecule has 2 heteroatoms. The van der Waals surface area contributed by atoms with E-state index in [0.29, 0.717) is 5.41 Å². The van der Waals surface area contributed by atoms with Gasteiger partial charge in [0.2, 0.25) is 0 Å². The molecule has 3 aliphatic carbocycles. The molecular weight excluding hydrogens is 164 g/mol. The molecule has 0 heterocycles. The van der Waals surface area contributed by atoms with E-state index in [1.54, 1.807) is 0 Å². The van der Waals surface area contributed by atoms with E-state index in [0.717, 1.165) is 18.3 Å². The fraction of sp³-hybridized carbons (Fsp3) is 1.00. The fourth-order valence-corrected chi connectivity index (χ4v) is 3.66. The summed E-state index contributed by atoms with van der Waals surface area (Å²) in [6, 6.07) is 0. The monoisotopic (exact) mass is 182 g/mol. The molecule has 0 aromatic carbocycles. The molecule has 0 spiro atoms. The van der Waals surface area contributed by atoms with Crippen molar-refractivity contribution in [2.24, 2.45) is 22.7 Å². The molecule has 3 fully saturated rings. The second-order valence-electron chi connectivity index (χ2n) is 5.36. The molecule has 0 bridgehead atoms. The van der Waals surface area contributed by atoms with Crippen molar-refractivity contribution in [2.45, 2.75) is 32.1 Å². The first kappa shape index (κ1) is 8.25. The lowest BCUT2D eigenvalue weighted by Crippen LogP contribution is -2.25. The highest BCUT2D eigenvalue weighted by atomic mass is 16.3. The second kappa shape index (κ2) is 2.29. The first-order valence-electron chi connectivity index (χ1n) is 5.51. The topological polar surface area (TPSA) is 40.5 Å². The van der Waals surface area contributed by atoms with Crippen molar-refractivity contribution in [1.29, 1.82) is 0 Å². The van der Waals surface area contributed by atoms with Crippen LogP contribution in [-0.2, 0) is 0 Å². The van der Waals surface area contributed by atoms with E-state index < -0.39 is 0 Å². The average molecular weight is 182 g/mol. The Morgan fingerprint density at radius 1 is 0.923 bits per heavy atom. The molecule has 2 nitrogen and oxygen atoms in total. The Morgan fingerprint density at radius 3 is 1.62 bits per heavy atom. The van der Waals surface area contributed by atoms with Crippen molar-refractivity contribution in [2.75, 3.05) is 13.2 Å². The second-order valence-corrected chi connectivity index (χ2v) is 5.36. The molecule has 3 saturated carbocycles. The molecule has 13 heavy (non-hydrogen) atoms. The Hall–Kier alpha value is -0.0800. The number of rotatable bonds is 4. The van der Waals surface area contributed by atoms with Gasteiger partial charge in [-0.15, -0.1) is 0 Å². The third-order valence-electron chi connectivity index (χ3n) is 4.71. The minimum absolute atomic E-state index is 0.0741. The quantitative estimate of drug-likeness (QED) is 0.685. The average Bonchev–Trinajstić information content (AvgIpc) is 3.01. The zero-order valence-electron chi connectivity index (χ0n) is 8.00. The van der Waals surface area contributed by atoms with E-state index in [2.05, 4.69) is 0 Å². The van der Waals surface area contributed by atoms with Gasteiger partial charge < -0.3 is 10.2 Å². The van der Waals surface area contributed by atoms with Gasteiger partial charge in [-0.1, -0.05) is 0 Å². The van der Waals surface area contributed by atoms with Gasteiger partial charge in [0.1, 0.15) is 0 Å². The van der Waals surface area contributed by atoms with E-state index >= 15 is 0 Å². The number of hydrogen-bond donors (Lipinski definition) is 2. The minimum Gasteiger partial charge on any atom is -0.396 e. The summed E-state index contributed by atoms with van der Waals surface area (Å²) in [7, 11) is 0. The molecule has 0 aromatic rings. The molecule has 0 saturated heterocycles. The molecule has 0 unspecified atom stereocenters. The van der Waals surface area contributed by atoms with E-state index in [-0.39, 0.29) is 18.6 Å². The summed E-state index contributed by atoms with van der Waals surface area (Å²) in [5.74, 6) is 1.69.